The molecule has 1 nitrogen and oxygen atoms in total. The first kappa shape index (κ1) is 18.1. The first-order valence-electron chi connectivity index (χ1n) is 9.41. The Bertz CT molecular complexity index is 783. The third-order valence-corrected chi connectivity index (χ3v) is 6.23. The average Bonchev–Trinajstić information content (AvgIpc) is 3.02. The molecule has 1 aliphatic rings. The number of para-hydroxylation sites is 1. The quantitative estimate of drug-likeness (QED) is 0.566. The Morgan fingerprint density at radius 2 is 1.64 bits per heavy atom. The van der Waals surface area contributed by atoms with Gasteiger partial charge in [0.05, 0.1) is 11.6 Å². The molecule has 1 heterocycles. The monoisotopic (exact) mass is 351 g/mol. The number of allylic oxidation sites excluding steroid dienone is 2. The first-order valence-corrected chi connectivity index (χ1v) is 10.4. The van der Waals surface area contributed by atoms with Crippen LogP contribution in [0.4, 0.5) is 5.69 Å². The van der Waals surface area contributed by atoms with Crippen molar-refractivity contribution < 1.29 is 0 Å². The fraction of sp³-hybridized carbons (Fsp3) is 0.391. The van der Waals surface area contributed by atoms with Gasteiger partial charge >= 0.3 is 0 Å². The predicted octanol–water partition coefficient (Wildman–Crippen LogP) is 7.08. The van der Waals surface area contributed by atoms with Crippen LogP contribution in [-0.2, 0) is 6.42 Å². The van der Waals surface area contributed by atoms with Gasteiger partial charge in [-0.15, -0.1) is 11.8 Å². The van der Waals surface area contributed by atoms with Gasteiger partial charge in [-0.05, 0) is 44.2 Å². The van der Waals surface area contributed by atoms with Crippen LogP contribution >= 0.6 is 11.8 Å². The molecule has 0 radical (unpaired) electrons. The zero-order valence-corrected chi connectivity index (χ0v) is 17.0. The maximum atomic E-state index is 2.58. The minimum absolute atomic E-state index is 1.04. The summed E-state index contributed by atoms with van der Waals surface area (Å²) in [6.45, 7) is 11.2. The molecule has 0 unspecified atom stereocenters. The normalized spacial score (nSPS) is 14.5. The molecule has 0 saturated heterocycles. The number of benzene rings is 2. The summed E-state index contributed by atoms with van der Waals surface area (Å²) in [5.41, 5.74) is 9.75. The predicted molar refractivity (Wildman–Crippen MR) is 113 cm³/mol. The van der Waals surface area contributed by atoms with Gasteiger partial charge in [0.2, 0.25) is 0 Å². The molecule has 2 aromatic rings. The highest BCUT2D eigenvalue weighted by Crippen LogP contribution is 2.44. The molecule has 3 rings (SSSR count). The molecular formula is C23H29NS. The summed E-state index contributed by atoms with van der Waals surface area (Å²) < 4.78 is 0. The summed E-state index contributed by atoms with van der Waals surface area (Å²) in [5.74, 6) is 1.04. The Hall–Kier alpha value is -1.67. The third kappa shape index (κ3) is 3.50. The Labute approximate surface area is 157 Å². The molecule has 2 heteroatoms. The SMILES string of the molecule is CCC1=C(CC)N(c2c(CC)cccc2-c2cc(C)cc(C)c2)CS1. The lowest BCUT2D eigenvalue weighted by Gasteiger charge is -2.27. The molecule has 2 aromatic carbocycles. The fourth-order valence-corrected chi connectivity index (χ4v) is 5.10. The number of hydrogen-bond acceptors (Lipinski definition) is 2. The summed E-state index contributed by atoms with van der Waals surface area (Å²) in [4.78, 5) is 4.13. The molecule has 0 fully saturated rings. The van der Waals surface area contributed by atoms with E-state index in [2.05, 4.69) is 75.9 Å². The summed E-state index contributed by atoms with van der Waals surface area (Å²) in [7, 11) is 0. The number of thioether (sulfide) groups is 1. The number of anilines is 1. The van der Waals surface area contributed by atoms with Gasteiger partial charge in [0, 0.05) is 16.2 Å². The lowest BCUT2D eigenvalue weighted by atomic mass is 9.95. The second-order valence-corrected chi connectivity index (χ2v) is 7.86. The molecule has 0 saturated carbocycles. The van der Waals surface area contributed by atoms with Crippen molar-refractivity contribution in [1.82, 2.24) is 0 Å². The van der Waals surface area contributed by atoms with Gasteiger partial charge < -0.3 is 4.90 Å². The van der Waals surface area contributed by atoms with E-state index in [1.807, 2.05) is 11.8 Å². The Morgan fingerprint density at radius 1 is 0.920 bits per heavy atom. The minimum atomic E-state index is 1.04. The maximum Gasteiger partial charge on any atom is 0.0729 e. The molecule has 25 heavy (non-hydrogen) atoms. The van der Waals surface area contributed by atoms with Gasteiger partial charge in [0.25, 0.3) is 0 Å². The van der Waals surface area contributed by atoms with E-state index in [-0.39, 0.29) is 0 Å². The van der Waals surface area contributed by atoms with Crippen molar-refractivity contribution in [2.75, 3.05) is 10.8 Å². The van der Waals surface area contributed by atoms with Gasteiger partial charge in [-0.2, -0.15) is 0 Å². The number of aryl methyl sites for hydroxylation is 3. The minimum Gasteiger partial charge on any atom is -0.334 e. The average molecular weight is 352 g/mol. The van der Waals surface area contributed by atoms with E-state index in [9.17, 15) is 0 Å². The Kier molecular flexibility index (Phi) is 5.58. The van der Waals surface area contributed by atoms with Gasteiger partial charge in [0.15, 0.2) is 0 Å². The Morgan fingerprint density at radius 3 is 2.24 bits per heavy atom. The number of hydrogen-bond donors (Lipinski definition) is 0. The van der Waals surface area contributed by atoms with Crippen LogP contribution in [-0.4, -0.2) is 5.88 Å². The molecule has 0 atom stereocenters. The van der Waals surface area contributed by atoms with Crippen LogP contribution in [0.15, 0.2) is 47.0 Å². The molecular weight excluding hydrogens is 322 g/mol. The van der Waals surface area contributed by atoms with E-state index in [4.69, 9.17) is 0 Å². The highest BCUT2D eigenvalue weighted by atomic mass is 32.2. The van der Waals surface area contributed by atoms with Crippen LogP contribution in [0.1, 0.15) is 50.3 Å². The summed E-state index contributed by atoms with van der Waals surface area (Å²) in [5, 5.41) is 0. The third-order valence-electron chi connectivity index (χ3n) is 4.97. The zero-order chi connectivity index (χ0) is 18.0. The molecule has 0 bridgehead atoms. The van der Waals surface area contributed by atoms with Gasteiger partial charge in [-0.25, -0.2) is 0 Å². The summed E-state index contributed by atoms with van der Waals surface area (Å²) >= 11 is 2.01. The standard InChI is InChI=1S/C23H29NS/c1-6-18-10-9-11-20(19-13-16(4)12-17(5)14-19)23(18)24-15-25-22(8-3)21(24)7-2/h9-14H,6-8,15H2,1-5H3. The second kappa shape index (κ2) is 7.70. The molecule has 0 N–H and O–H groups in total. The van der Waals surface area contributed by atoms with Gasteiger partial charge in [-0.3, -0.25) is 0 Å². The Balaban J connectivity index is 2.21. The summed E-state index contributed by atoms with van der Waals surface area (Å²) in [6.07, 6.45) is 3.30. The molecule has 1 aliphatic heterocycles. The van der Waals surface area contributed by atoms with Crippen LogP contribution in [0.25, 0.3) is 11.1 Å². The van der Waals surface area contributed by atoms with E-state index >= 15 is 0 Å². The first-order chi connectivity index (χ1) is 12.1. The topological polar surface area (TPSA) is 3.24 Å². The summed E-state index contributed by atoms with van der Waals surface area (Å²) in [6, 6.07) is 13.7. The molecule has 0 amide bonds. The van der Waals surface area contributed by atoms with Gasteiger partial charge in [0.1, 0.15) is 0 Å². The maximum absolute atomic E-state index is 2.58. The van der Waals surface area contributed by atoms with Crippen molar-refractivity contribution >= 4 is 17.4 Å². The van der Waals surface area contributed by atoms with Crippen LogP contribution in [0.2, 0.25) is 0 Å². The van der Waals surface area contributed by atoms with Crippen molar-refractivity contribution in [1.29, 1.82) is 0 Å². The van der Waals surface area contributed by atoms with Crippen LogP contribution in [0.5, 0.6) is 0 Å². The van der Waals surface area contributed by atoms with Crippen molar-refractivity contribution in [3.05, 3.63) is 63.7 Å². The second-order valence-electron chi connectivity index (χ2n) is 6.82. The molecule has 0 aromatic heterocycles. The number of nitrogens with zero attached hydrogens (tertiary/aromatic N) is 1. The van der Waals surface area contributed by atoms with Crippen molar-refractivity contribution in [2.24, 2.45) is 0 Å². The molecule has 132 valence electrons. The van der Waals surface area contributed by atoms with E-state index in [1.54, 1.807) is 4.91 Å². The lowest BCUT2D eigenvalue weighted by molar-refractivity contribution is 0.943. The van der Waals surface area contributed by atoms with Crippen LogP contribution < -0.4 is 4.90 Å². The highest BCUT2D eigenvalue weighted by molar-refractivity contribution is 8.03. The van der Waals surface area contributed by atoms with Crippen LogP contribution in [0, 0.1) is 13.8 Å². The molecule has 0 spiro atoms. The van der Waals surface area contributed by atoms with Gasteiger partial charge in [-0.1, -0.05) is 68.3 Å². The fourth-order valence-electron chi connectivity index (χ4n) is 3.91. The van der Waals surface area contributed by atoms with Crippen molar-refractivity contribution in [2.45, 2.75) is 53.9 Å². The number of rotatable bonds is 5. The van der Waals surface area contributed by atoms with Crippen molar-refractivity contribution in [3.63, 3.8) is 0 Å². The molecule has 0 aliphatic carbocycles. The van der Waals surface area contributed by atoms with E-state index in [0.717, 1.165) is 25.1 Å². The van der Waals surface area contributed by atoms with E-state index < -0.39 is 0 Å². The highest BCUT2D eigenvalue weighted by Gasteiger charge is 2.26. The smallest absolute Gasteiger partial charge is 0.0729 e. The largest absolute Gasteiger partial charge is 0.334 e. The van der Waals surface area contributed by atoms with E-state index in [0.29, 0.717) is 0 Å². The van der Waals surface area contributed by atoms with E-state index in [1.165, 1.54) is 39.2 Å². The van der Waals surface area contributed by atoms with Crippen molar-refractivity contribution in [3.8, 4) is 11.1 Å². The lowest BCUT2D eigenvalue weighted by Crippen LogP contribution is -2.20. The zero-order valence-electron chi connectivity index (χ0n) is 16.1. The van der Waals surface area contributed by atoms with Crippen LogP contribution in [0.3, 0.4) is 0 Å².